The quantitative estimate of drug-likeness (QED) is 0.539. The number of benzene rings is 3. The lowest BCUT2D eigenvalue weighted by atomic mass is 10.1. The number of ether oxygens (including phenoxy) is 2. The molecule has 1 N–H and O–H groups in total. The van der Waals surface area contributed by atoms with Crippen LogP contribution in [0.15, 0.2) is 72.8 Å². The number of carbonyl (C=O) groups is 2. The van der Waals surface area contributed by atoms with E-state index in [1.807, 2.05) is 6.07 Å². The van der Waals surface area contributed by atoms with Gasteiger partial charge in [0.15, 0.2) is 0 Å². The summed E-state index contributed by atoms with van der Waals surface area (Å²) in [5.41, 5.74) is 1.77. The van der Waals surface area contributed by atoms with Gasteiger partial charge in [0, 0.05) is 5.69 Å². The van der Waals surface area contributed by atoms with Crippen molar-refractivity contribution in [3.63, 3.8) is 0 Å². The lowest BCUT2D eigenvalue weighted by molar-refractivity contribution is 0.0734. The smallest absolute Gasteiger partial charge is 0.343 e. The van der Waals surface area contributed by atoms with Crippen LogP contribution in [0.4, 0.5) is 5.69 Å². The number of nitriles is 1. The molecule has 0 radical (unpaired) electrons. The Morgan fingerprint density at radius 1 is 0.929 bits per heavy atom. The highest BCUT2D eigenvalue weighted by Gasteiger charge is 2.12. The number of carbonyl (C=O) groups excluding carboxylic acids is 2. The molecule has 0 saturated heterocycles. The lowest BCUT2D eigenvalue weighted by Gasteiger charge is -2.10. The van der Waals surface area contributed by atoms with Crippen LogP contribution in [0, 0.1) is 11.3 Å². The maximum absolute atomic E-state index is 12.4. The first kappa shape index (κ1) is 18.7. The minimum absolute atomic E-state index is 0.306. The zero-order chi connectivity index (χ0) is 19.9. The van der Waals surface area contributed by atoms with E-state index in [1.54, 1.807) is 60.7 Å². The molecule has 0 aliphatic rings. The molecule has 0 heterocycles. The fourth-order valence-corrected chi connectivity index (χ4v) is 2.48. The van der Waals surface area contributed by atoms with Crippen LogP contribution >= 0.6 is 0 Å². The second-order valence-corrected chi connectivity index (χ2v) is 5.76. The highest BCUT2D eigenvalue weighted by Crippen LogP contribution is 2.21. The molecule has 6 nitrogen and oxygen atoms in total. The number of amides is 1. The van der Waals surface area contributed by atoms with Crippen LogP contribution in [-0.2, 0) is 0 Å². The summed E-state index contributed by atoms with van der Waals surface area (Å²) in [4.78, 5) is 24.5. The molecule has 1 amide bonds. The van der Waals surface area contributed by atoms with Gasteiger partial charge in [-0.3, -0.25) is 4.79 Å². The van der Waals surface area contributed by atoms with Crippen LogP contribution < -0.4 is 14.8 Å². The lowest BCUT2D eigenvalue weighted by Crippen LogP contribution is -2.13. The highest BCUT2D eigenvalue weighted by molar-refractivity contribution is 6.06. The molecule has 28 heavy (non-hydrogen) atoms. The van der Waals surface area contributed by atoms with Gasteiger partial charge in [-0.25, -0.2) is 4.79 Å². The van der Waals surface area contributed by atoms with Gasteiger partial charge < -0.3 is 14.8 Å². The summed E-state index contributed by atoms with van der Waals surface area (Å²) in [6.07, 6.45) is 0. The SMILES string of the molecule is COc1ccccc1C(=O)Nc1ccc(OC(=O)c2ccc(C#N)cc2)cc1. The normalized spacial score (nSPS) is 9.86. The zero-order valence-corrected chi connectivity index (χ0v) is 15.0. The summed E-state index contributed by atoms with van der Waals surface area (Å²) in [5.74, 6) is -0.0207. The van der Waals surface area contributed by atoms with Crippen LogP contribution in [0.5, 0.6) is 11.5 Å². The zero-order valence-electron chi connectivity index (χ0n) is 15.0. The van der Waals surface area contributed by atoms with Crippen LogP contribution in [0.3, 0.4) is 0 Å². The maximum atomic E-state index is 12.4. The number of hydrogen-bond donors (Lipinski definition) is 1. The van der Waals surface area contributed by atoms with Gasteiger partial charge in [-0.05, 0) is 60.7 Å². The van der Waals surface area contributed by atoms with E-state index in [4.69, 9.17) is 14.7 Å². The van der Waals surface area contributed by atoms with E-state index >= 15 is 0 Å². The second kappa shape index (κ2) is 8.52. The molecular formula is C22H16N2O4. The molecule has 0 saturated carbocycles. The van der Waals surface area contributed by atoms with E-state index in [0.717, 1.165) is 0 Å². The van der Waals surface area contributed by atoms with Crippen molar-refractivity contribution in [1.29, 1.82) is 5.26 Å². The van der Waals surface area contributed by atoms with Gasteiger partial charge in [-0.2, -0.15) is 5.26 Å². The van der Waals surface area contributed by atoms with Gasteiger partial charge in [0.1, 0.15) is 11.5 Å². The van der Waals surface area contributed by atoms with Crippen molar-refractivity contribution in [2.24, 2.45) is 0 Å². The fourth-order valence-electron chi connectivity index (χ4n) is 2.48. The van der Waals surface area contributed by atoms with Crippen molar-refractivity contribution in [2.75, 3.05) is 12.4 Å². The molecule has 6 heteroatoms. The van der Waals surface area contributed by atoms with E-state index in [-0.39, 0.29) is 5.91 Å². The van der Waals surface area contributed by atoms with Crippen LogP contribution in [0.2, 0.25) is 0 Å². The molecule has 0 fully saturated rings. The molecule has 0 aromatic heterocycles. The second-order valence-electron chi connectivity index (χ2n) is 5.76. The summed E-state index contributed by atoms with van der Waals surface area (Å²) in [7, 11) is 1.50. The van der Waals surface area contributed by atoms with Crippen molar-refractivity contribution in [3.05, 3.63) is 89.5 Å². The summed E-state index contributed by atoms with van der Waals surface area (Å²) in [6, 6.07) is 21.5. The van der Waals surface area contributed by atoms with Crippen LogP contribution in [0.25, 0.3) is 0 Å². The summed E-state index contributed by atoms with van der Waals surface area (Å²) in [5, 5.41) is 11.6. The molecule has 138 valence electrons. The monoisotopic (exact) mass is 372 g/mol. The minimum Gasteiger partial charge on any atom is -0.496 e. The van der Waals surface area contributed by atoms with Crippen molar-refractivity contribution < 1.29 is 19.1 Å². The molecule has 3 aromatic carbocycles. The molecule has 0 unspecified atom stereocenters. The Hall–Kier alpha value is -4.11. The van der Waals surface area contributed by atoms with Gasteiger partial charge in [0.25, 0.3) is 5.91 Å². The Bertz CT molecular complexity index is 1040. The van der Waals surface area contributed by atoms with E-state index in [1.165, 1.54) is 19.2 Å². The first-order chi connectivity index (χ1) is 13.6. The molecule has 0 aliphatic heterocycles. The van der Waals surface area contributed by atoms with Crippen molar-refractivity contribution in [1.82, 2.24) is 0 Å². The van der Waals surface area contributed by atoms with E-state index in [2.05, 4.69) is 5.32 Å². The number of methoxy groups -OCH3 is 1. The van der Waals surface area contributed by atoms with Gasteiger partial charge in [-0.15, -0.1) is 0 Å². The molecule has 3 aromatic rings. The number of rotatable bonds is 5. The largest absolute Gasteiger partial charge is 0.496 e. The number of para-hydroxylation sites is 1. The average molecular weight is 372 g/mol. The summed E-state index contributed by atoms with van der Waals surface area (Å²) < 4.78 is 10.5. The Balaban J connectivity index is 1.65. The average Bonchev–Trinajstić information content (AvgIpc) is 2.75. The standard InChI is InChI=1S/C22H16N2O4/c1-27-20-5-3-2-4-19(20)21(25)24-17-10-12-18(13-11-17)28-22(26)16-8-6-15(14-23)7-9-16/h2-13H,1H3,(H,24,25). The van der Waals surface area contributed by atoms with Gasteiger partial charge in [0.2, 0.25) is 0 Å². The molecule has 0 aliphatic carbocycles. The highest BCUT2D eigenvalue weighted by atomic mass is 16.5. The fraction of sp³-hybridized carbons (Fsp3) is 0.0455. The number of hydrogen-bond acceptors (Lipinski definition) is 5. The third kappa shape index (κ3) is 4.34. The number of anilines is 1. The first-order valence-corrected chi connectivity index (χ1v) is 8.37. The molecule has 0 atom stereocenters. The Kier molecular flexibility index (Phi) is 5.68. The van der Waals surface area contributed by atoms with Crippen molar-refractivity contribution >= 4 is 17.6 Å². The first-order valence-electron chi connectivity index (χ1n) is 8.37. The molecule has 0 bridgehead atoms. The predicted octanol–water partition coefficient (Wildman–Crippen LogP) is 4.04. The topological polar surface area (TPSA) is 88.4 Å². The predicted molar refractivity (Wildman–Crippen MR) is 104 cm³/mol. The van der Waals surface area contributed by atoms with Gasteiger partial charge >= 0.3 is 5.97 Å². The minimum atomic E-state index is -0.532. The summed E-state index contributed by atoms with van der Waals surface area (Å²) in [6.45, 7) is 0. The third-order valence-electron chi connectivity index (χ3n) is 3.92. The molecular weight excluding hydrogens is 356 g/mol. The molecule has 0 spiro atoms. The van der Waals surface area contributed by atoms with Crippen LogP contribution in [0.1, 0.15) is 26.3 Å². The van der Waals surface area contributed by atoms with E-state index in [9.17, 15) is 9.59 Å². The van der Waals surface area contributed by atoms with Gasteiger partial charge in [0.05, 0.1) is 29.9 Å². The molecule has 3 rings (SSSR count). The van der Waals surface area contributed by atoms with Crippen molar-refractivity contribution in [3.8, 4) is 17.6 Å². The third-order valence-corrected chi connectivity index (χ3v) is 3.92. The Morgan fingerprint density at radius 3 is 2.25 bits per heavy atom. The number of nitrogens with zero attached hydrogens (tertiary/aromatic N) is 1. The van der Waals surface area contributed by atoms with Gasteiger partial charge in [-0.1, -0.05) is 12.1 Å². The number of esters is 1. The maximum Gasteiger partial charge on any atom is 0.343 e. The van der Waals surface area contributed by atoms with Crippen molar-refractivity contribution in [2.45, 2.75) is 0 Å². The number of nitrogens with one attached hydrogen (secondary N) is 1. The Morgan fingerprint density at radius 2 is 1.61 bits per heavy atom. The van der Waals surface area contributed by atoms with E-state index in [0.29, 0.717) is 33.9 Å². The summed E-state index contributed by atoms with van der Waals surface area (Å²) >= 11 is 0. The van der Waals surface area contributed by atoms with E-state index < -0.39 is 5.97 Å². The Labute approximate surface area is 161 Å². The van der Waals surface area contributed by atoms with Crippen LogP contribution in [-0.4, -0.2) is 19.0 Å².